The van der Waals surface area contributed by atoms with Crippen molar-refractivity contribution in [3.05, 3.63) is 59.2 Å². The zero-order chi connectivity index (χ0) is 21.4. The molecule has 29 heavy (non-hydrogen) atoms. The molecule has 1 atom stereocenters. The first-order valence-electron chi connectivity index (χ1n) is 9.18. The van der Waals surface area contributed by atoms with E-state index in [-0.39, 0.29) is 12.4 Å². The molecule has 1 unspecified atom stereocenters. The zero-order valence-electron chi connectivity index (χ0n) is 16.5. The number of rotatable bonds is 10. The number of amidine groups is 1. The first-order valence-corrected chi connectivity index (χ1v) is 9.18. The average molecular weight is 398 g/mol. The maximum absolute atomic E-state index is 12.6. The second-order valence-electron chi connectivity index (χ2n) is 6.47. The molecule has 0 radical (unpaired) electrons. The number of hydrogen-bond donors (Lipinski definition) is 4. The molecule has 2 rings (SSSR count). The van der Waals surface area contributed by atoms with Gasteiger partial charge >= 0.3 is 5.97 Å². The van der Waals surface area contributed by atoms with Gasteiger partial charge in [0.05, 0.1) is 7.11 Å². The smallest absolute Gasteiger partial charge is 0.333 e. The topological polar surface area (TPSA) is 141 Å². The highest BCUT2D eigenvalue weighted by atomic mass is 16.5. The molecule has 8 heteroatoms. The fourth-order valence-electron chi connectivity index (χ4n) is 2.84. The fourth-order valence-corrected chi connectivity index (χ4v) is 2.84. The van der Waals surface area contributed by atoms with E-state index in [0.29, 0.717) is 22.6 Å². The minimum absolute atomic E-state index is 0.0459. The van der Waals surface area contributed by atoms with Crippen LogP contribution in [0.4, 0.5) is 5.69 Å². The Morgan fingerprint density at radius 2 is 1.83 bits per heavy atom. The summed E-state index contributed by atoms with van der Waals surface area (Å²) in [5.74, 6) is -0.809. The lowest BCUT2D eigenvalue weighted by molar-refractivity contribution is -0.141. The van der Waals surface area contributed by atoms with Crippen LogP contribution >= 0.6 is 0 Å². The van der Waals surface area contributed by atoms with Crippen molar-refractivity contribution in [2.24, 2.45) is 11.5 Å². The highest BCUT2D eigenvalue weighted by Gasteiger charge is 2.26. The van der Waals surface area contributed by atoms with Gasteiger partial charge in [0.15, 0.2) is 12.6 Å². The third-order valence-electron chi connectivity index (χ3n) is 4.24. The van der Waals surface area contributed by atoms with Gasteiger partial charge in [-0.25, -0.2) is 4.79 Å². The molecule has 0 saturated heterocycles. The molecule has 154 valence electrons. The van der Waals surface area contributed by atoms with Crippen LogP contribution in [0.2, 0.25) is 0 Å². The van der Waals surface area contributed by atoms with Gasteiger partial charge in [0.1, 0.15) is 11.6 Å². The number of hydrogen-bond acceptors (Lipinski definition) is 6. The molecule has 1 amide bonds. The zero-order valence-corrected chi connectivity index (χ0v) is 16.5. The summed E-state index contributed by atoms with van der Waals surface area (Å²) in [7, 11) is 1.30. The van der Waals surface area contributed by atoms with Crippen molar-refractivity contribution in [3.63, 3.8) is 0 Å². The SMILES string of the molecule is CCCc1ccc(OCC(N)=O)c(C(Nc2ccc(C(=N)N)cc2)C(=O)OC)c1. The number of nitrogens with one attached hydrogen (secondary N) is 2. The van der Waals surface area contributed by atoms with Crippen molar-refractivity contribution in [2.75, 3.05) is 19.0 Å². The molecule has 0 bridgehead atoms. The van der Waals surface area contributed by atoms with Crippen molar-refractivity contribution in [3.8, 4) is 5.75 Å². The Labute approximate surface area is 169 Å². The number of primary amides is 1. The molecule has 0 heterocycles. The Hall–Kier alpha value is -3.55. The Kier molecular flexibility index (Phi) is 7.59. The van der Waals surface area contributed by atoms with E-state index in [1.54, 1.807) is 30.3 Å². The second kappa shape index (κ2) is 10.1. The molecule has 2 aromatic carbocycles. The molecule has 0 aromatic heterocycles. The Balaban J connectivity index is 2.43. The van der Waals surface area contributed by atoms with E-state index in [9.17, 15) is 9.59 Å². The predicted molar refractivity (Wildman–Crippen MR) is 111 cm³/mol. The van der Waals surface area contributed by atoms with Gasteiger partial charge in [0, 0.05) is 16.8 Å². The van der Waals surface area contributed by atoms with Crippen molar-refractivity contribution in [1.82, 2.24) is 0 Å². The maximum atomic E-state index is 12.6. The first kappa shape index (κ1) is 21.7. The number of methoxy groups -OCH3 is 1. The Bertz CT molecular complexity index is 881. The minimum Gasteiger partial charge on any atom is -0.483 e. The summed E-state index contributed by atoms with van der Waals surface area (Å²) in [6, 6.07) is 11.4. The van der Waals surface area contributed by atoms with Crippen LogP contribution in [-0.4, -0.2) is 31.4 Å². The lowest BCUT2D eigenvalue weighted by Crippen LogP contribution is -2.25. The number of esters is 1. The lowest BCUT2D eigenvalue weighted by atomic mass is 9.99. The summed E-state index contributed by atoms with van der Waals surface area (Å²) >= 11 is 0. The molecule has 2 aromatic rings. The van der Waals surface area contributed by atoms with Gasteiger partial charge in [-0.05, 0) is 48.4 Å². The quantitative estimate of drug-likeness (QED) is 0.274. The van der Waals surface area contributed by atoms with Crippen LogP contribution < -0.4 is 21.5 Å². The first-order chi connectivity index (χ1) is 13.8. The van der Waals surface area contributed by atoms with Crippen molar-refractivity contribution in [2.45, 2.75) is 25.8 Å². The van der Waals surface area contributed by atoms with Gasteiger partial charge in [-0.3, -0.25) is 10.2 Å². The maximum Gasteiger partial charge on any atom is 0.333 e. The highest BCUT2D eigenvalue weighted by Crippen LogP contribution is 2.31. The van der Waals surface area contributed by atoms with Crippen LogP contribution in [0.5, 0.6) is 5.75 Å². The molecule has 8 nitrogen and oxygen atoms in total. The number of nitrogens with two attached hydrogens (primary N) is 2. The van der Waals surface area contributed by atoms with Gasteiger partial charge in [-0.1, -0.05) is 19.4 Å². The summed E-state index contributed by atoms with van der Waals surface area (Å²) in [5.41, 5.74) is 13.4. The summed E-state index contributed by atoms with van der Waals surface area (Å²) in [4.78, 5) is 23.7. The number of carbonyl (C=O) groups is 2. The molecule has 0 aliphatic rings. The molecule has 6 N–H and O–H groups in total. The van der Waals surface area contributed by atoms with Crippen LogP contribution in [-0.2, 0) is 20.7 Å². The third kappa shape index (κ3) is 5.97. The molecule has 0 fully saturated rings. The van der Waals surface area contributed by atoms with E-state index >= 15 is 0 Å². The second-order valence-corrected chi connectivity index (χ2v) is 6.47. The van der Waals surface area contributed by atoms with Crippen molar-refractivity contribution < 1.29 is 19.1 Å². The van der Waals surface area contributed by atoms with E-state index in [0.717, 1.165) is 18.4 Å². The molecular formula is C21H26N4O4. The standard InChI is InChI=1S/C21H26N4O4/c1-3-4-13-5-10-17(29-12-18(22)26)16(11-13)19(21(27)28-2)25-15-8-6-14(7-9-15)20(23)24/h5-11,19,25H,3-4,12H2,1-2H3,(H2,22,26)(H3,23,24). The number of ether oxygens (including phenoxy) is 2. The monoisotopic (exact) mass is 398 g/mol. The molecule has 0 aliphatic heterocycles. The van der Waals surface area contributed by atoms with Gasteiger partial charge in [0.25, 0.3) is 5.91 Å². The van der Waals surface area contributed by atoms with E-state index in [4.69, 9.17) is 26.4 Å². The van der Waals surface area contributed by atoms with E-state index in [2.05, 4.69) is 12.2 Å². The summed E-state index contributed by atoms with van der Waals surface area (Å²) < 4.78 is 10.5. The summed E-state index contributed by atoms with van der Waals surface area (Å²) in [6.07, 6.45) is 1.76. The van der Waals surface area contributed by atoms with Crippen LogP contribution in [0, 0.1) is 5.41 Å². The van der Waals surface area contributed by atoms with Crippen LogP contribution in [0.25, 0.3) is 0 Å². The van der Waals surface area contributed by atoms with Crippen LogP contribution in [0.3, 0.4) is 0 Å². The van der Waals surface area contributed by atoms with Crippen molar-refractivity contribution in [1.29, 1.82) is 5.41 Å². The summed E-state index contributed by atoms with van der Waals surface area (Å²) in [5, 5.41) is 10.6. The molecular weight excluding hydrogens is 372 g/mol. The number of carbonyl (C=O) groups excluding carboxylic acids is 2. The predicted octanol–water partition coefficient (Wildman–Crippen LogP) is 2.11. The Morgan fingerprint density at radius 1 is 1.14 bits per heavy atom. The fraction of sp³-hybridized carbons (Fsp3) is 0.286. The highest BCUT2D eigenvalue weighted by molar-refractivity contribution is 5.95. The van der Waals surface area contributed by atoms with Gasteiger partial charge in [0.2, 0.25) is 0 Å². The van der Waals surface area contributed by atoms with E-state index < -0.39 is 17.9 Å². The molecule has 0 aliphatic carbocycles. The lowest BCUT2D eigenvalue weighted by Gasteiger charge is -2.22. The Morgan fingerprint density at radius 3 is 2.38 bits per heavy atom. The number of benzene rings is 2. The molecule has 0 saturated carbocycles. The third-order valence-corrected chi connectivity index (χ3v) is 4.24. The number of anilines is 1. The van der Waals surface area contributed by atoms with Crippen LogP contribution in [0.1, 0.15) is 36.1 Å². The largest absolute Gasteiger partial charge is 0.483 e. The van der Waals surface area contributed by atoms with Crippen molar-refractivity contribution >= 4 is 23.4 Å². The summed E-state index contributed by atoms with van der Waals surface area (Å²) in [6.45, 7) is 1.76. The van der Waals surface area contributed by atoms with Gasteiger partial charge < -0.3 is 26.3 Å². The number of amides is 1. The van der Waals surface area contributed by atoms with Gasteiger partial charge in [-0.2, -0.15) is 0 Å². The number of aryl methyl sites for hydroxylation is 1. The van der Waals surface area contributed by atoms with E-state index in [1.165, 1.54) is 7.11 Å². The molecule has 0 spiro atoms. The minimum atomic E-state index is -0.872. The normalized spacial score (nSPS) is 11.4. The average Bonchev–Trinajstić information content (AvgIpc) is 2.71. The van der Waals surface area contributed by atoms with Gasteiger partial charge in [-0.15, -0.1) is 0 Å². The number of nitrogen functional groups attached to an aromatic ring is 1. The van der Waals surface area contributed by atoms with E-state index in [1.807, 2.05) is 12.1 Å². The van der Waals surface area contributed by atoms with Crippen LogP contribution in [0.15, 0.2) is 42.5 Å².